The van der Waals surface area contributed by atoms with Crippen LogP contribution in [0.25, 0.3) is 0 Å². The zero-order chi connectivity index (χ0) is 13.0. The maximum absolute atomic E-state index is 13.4. The summed E-state index contributed by atoms with van der Waals surface area (Å²) in [7, 11) is 0. The Morgan fingerprint density at radius 1 is 1.17 bits per heavy atom. The maximum atomic E-state index is 13.4. The van der Waals surface area contributed by atoms with Crippen LogP contribution >= 0.6 is 0 Å². The predicted molar refractivity (Wildman–Crippen MR) is 62.7 cm³/mol. The fourth-order valence-electron chi connectivity index (χ4n) is 1.38. The molecule has 0 radical (unpaired) electrons. The molecule has 0 aliphatic carbocycles. The minimum absolute atomic E-state index is 0.139. The molecule has 3 N–H and O–H groups in total. The van der Waals surface area contributed by atoms with Gasteiger partial charge in [0.15, 0.2) is 17.5 Å². The van der Waals surface area contributed by atoms with Crippen LogP contribution in [-0.4, -0.2) is 4.98 Å². The lowest BCUT2D eigenvalue weighted by atomic mass is 10.2. The minimum Gasteiger partial charge on any atom is -0.471 e. The van der Waals surface area contributed by atoms with E-state index < -0.39 is 11.6 Å². The second-order valence-electron chi connectivity index (χ2n) is 3.52. The van der Waals surface area contributed by atoms with Gasteiger partial charge in [-0.05, 0) is 5.56 Å². The average molecular weight is 251 g/mol. The SMILES string of the molecule is NNc1nc(OCc2ccccc2)c(F)cc1F. The van der Waals surface area contributed by atoms with E-state index in [1.54, 1.807) is 0 Å². The van der Waals surface area contributed by atoms with Gasteiger partial charge in [0.1, 0.15) is 6.61 Å². The van der Waals surface area contributed by atoms with Crippen molar-refractivity contribution in [1.82, 2.24) is 4.98 Å². The number of ether oxygens (including phenoxy) is 1. The summed E-state index contributed by atoms with van der Waals surface area (Å²) in [6.07, 6.45) is 0. The van der Waals surface area contributed by atoms with Gasteiger partial charge >= 0.3 is 0 Å². The topological polar surface area (TPSA) is 60.2 Å². The quantitative estimate of drug-likeness (QED) is 0.646. The number of nitrogen functional groups attached to an aromatic ring is 1. The molecule has 0 spiro atoms. The van der Waals surface area contributed by atoms with Crippen molar-refractivity contribution in [3.63, 3.8) is 0 Å². The van der Waals surface area contributed by atoms with Gasteiger partial charge in [-0.3, -0.25) is 0 Å². The number of nitrogens with zero attached hydrogens (tertiary/aromatic N) is 1. The molecule has 0 aliphatic heterocycles. The molecule has 1 heterocycles. The Bertz CT molecular complexity index is 534. The van der Waals surface area contributed by atoms with E-state index in [1.807, 2.05) is 35.8 Å². The molecule has 1 aromatic heterocycles. The van der Waals surface area contributed by atoms with Gasteiger partial charge in [-0.15, -0.1) is 0 Å². The maximum Gasteiger partial charge on any atom is 0.252 e. The number of hydrogen-bond acceptors (Lipinski definition) is 4. The Morgan fingerprint density at radius 2 is 1.89 bits per heavy atom. The van der Waals surface area contributed by atoms with Crippen molar-refractivity contribution in [2.24, 2.45) is 5.84 Å². The van der Waals surface area contributed by atoms with Crippen molar-refractivity contribution >= 4 is 5.82 Å². The summed E-state index contributed by atoms with van der Waals surface area (Å²) in [5.41, 5.74) is 2.88. The molecule has 2 aromatic rings. The smallest absolute Gasteiger partial charge is 0.252 e. The highest BCUT2D eigenvalue weighted by Gasteiger charge is 2.12. The van der Waals surface area contributed by atoms with Gasteiger partial charge in [0, 0.05) is 6.07 Å². The Hall–Kier alpha value is -2.21. The molecule has 0 unspecified atom stereocenters. The molecule has 0 saturated heterocycles. The molecule has 0 fully saturated rings. The third-order valence-electron chi connectivity index (χ3n) is 2.25. The summed E-state index contributed by atoms with van der Waals surface area (Å²) in [5.74, 6) is 2.74. The van der Waals surface area contributed by atoms with Crippen molar-refractivity contribution in [2.45, 2.75) is 6.61 Å². The van der Waals surface area contributed by atoms with E-state index in [2.05, 4.69) is 4.98 Å². The molecular formula is C12H11F2N3O. The van der Waals surface area contributed by atoms with E-state index in [0.29, 0.717) is 6.07 Å². The van der Waals surface area contributed by atoms with E-state index in [9.17, 15) is 8.78 Å². The van der Waals surface area contributed by atoms with Crippen LogP contribution in [0.5, 0.6) is 5.88 Å². The third kappa shape index (κ3) is 2.72. The number of anilines is 1. The Kier molecular flexibility index (Phi) is 3.69. The van der Waals surface area contributed by atoms with Gasteiger partial charge in [-0.25, -0.2) is 14.6 Å². The first kappa shape index (κ1) is 12.3. The van der Waals surface area contributed by atoms with E-state index in [-0.39, 0.29) is 18.3 Å². The molecule has 0 bridgehead atoms. The number of pyridine rings is 1. The highest BCUT2D eigenvalue weighted by Crippen LogP contribution is 2.20. The monoisotopic (exact) mass is 251 g/mol. The van der Waals surface area contributed by atoms with Crippen LogP contribution in [0.2, 0.25) is 0 Å². The van der Waals surface area contributed by atoms with Crippen molar-refractivity contribution in [2.75, 3.05) is 5.43 Å². The molecule has 0 saturated carbocycles. The molecule has 0 amide bonds. The summed E-state index contributed by atoms with van der Waals surface area (Å²) >= 11 is 0. The number of nitrogens with one attached hydrogen (secondary N) is 1. The zero-order valence-electron chi connectivity index (χ0n) is 9.36. The Morgan fingerprint density at radius 3 is 2.56 bits per heavy atom. The lowest BCUT2D eigenvalue weighted by molar-refractivity contribution is 0.276. The Labute approximate surface area is 102 Å². The minimum atomic E-state index is -0.873. The number of hydrogen-bond donors (Lipinski definition) is 2. The van der Waals surface area contributed by atoms with Crippen LogP contribution < -0.4 is 16.0 Å². The number of benzene rings is 1. The molecular weight excluding hydrogens is 240 g/mol. The standard InChI is InChI=1S/C12H11F2N3O/c13-9-6-10(14)12(16-11(9)17-15)18-7-8-4-2-1-3-5-8/h1-6H,7,15H2,(H,16,17). The highest BCUT2D eigenvalue weighted by molar-refractivity contribution is 5.38. The summed E-state index contributed by atoms with van der Waals surface area (Å²) in [4.78, 5) is 3.60. The van der Waals surface area contributed by atoms with Crippen molar-refractivity contribution < 1.29 is 13.5 Å². The molecule has 2 rings (SSSR count). The van der Waals surface area contributed by atoms with Crippen LogP contribution in [0, 0.1) is 11.6 Å². The largest absolute Gasteiger partial charge is 0.471 e. The molecule has 0 aliphatic rings. The molecule has 6 heteroatoms. The van der Waals surface area contributed by atoms with Gasteiger partial charge in [0.25, 0.3) is 5.88 Å². The molecule has 1 aromatic carbocycles. The average Bonchev–Trinajstić information content (AvgIpc) is 2.39. The molecule has 0 atom stereocenters. The van der Waals surface area contributed by atoms with Crippen LogP contribution in [0.3, 0.4) is 0 Å². The first-order chi connectivity index (χ1) is 8.70. The van der Waals surface area contributed by atoms with Gasteiger partial charge in [-0.1, -0.05) is 30.3 Å². The first-order valence-electron chi connectivity index (χ1n) is 5.20. The number of nitrogens with two attached hydrogens (primary N) is 1. The van der Waals surface area contributed by atoms with Crippen LogP contribution in [0.15, 0.2) is 36.4 Å². The van der Waals surface area contributed by atoms with Crippen LogP contribution in [0.1, 0.15) is 5.56 Å². The van der Waals surface area contributed by atoms with Gasteiger partial charge in [0.05, 0.1) is 0 Å². The first-order valence-corrected chi connectivity index (χ1v) is 5.20. The summed E-state index contributed by atoms with van der Waals surface area (Å²) < 4.78 is 31.6. The van der Waals surface area contributed by atoms with Gasteiger partial charge in [0.2, 0.25) is 0 Å². The highest BCUT2D eigenvalue weighted by atomic mass is 19.1. The summed E-state index contributed by atoms with van der Waals surface area (Å²) in [6, 6.07) is 9.84. The number of hydrazine groups is 1. The van der Waals surface area contributed by atoms with E-state index in [0.717, 1.165) is 5.56 Å². The molecule has 4 nitrogen and oxygen atoms in total. The number of halogens is 2. The van der Waals surface area contributed by atoms with Crippen molar-refractivity contribution in [3.8, 4) is 5.88 Å². The van der Waals surface area contributed by atoms with E-state index in [4.69, 9.17) is 10.6 Å². The van der Waals surface area contributed by atoms with Crippen LogP contribution in [0.4, 0.5) is 14.6 Å². The zero-order valence-corrected chi connectivity index (χ0v) is 9.36. The third-order valence-corrected chi connectivity index (χ3v) is 2.25. The lowest BCUT2D eigenvalue weighted by Gasteiger charge is -2.08. The second kappa shape index (κ2) is 5.42. The second-order valence-corrected chi connectivity index (χ2v) is 3.52. The number of aromatic nitrogens is 1. The Balaban J connectivity index is 2.14. The van der Waals surface area contributed by atoms with Gasteiger partial charge < -0.3 is 10.2 Å². The van der Waals surface area contributed by atoms with Crippen molar-refractivity contribution in [1.29, 1.82) is 0 Å². The molecule has 94 valence electrons. The summed E-state index contributed by atoms with van der Waals surface area (Å²) in [6.45, 7) is 0.139. The van der Waals surface area contributed by atoms with E-state index in [1.165, 1.54) is 0 Å². The van der Waals surface area contributed by atoms with Crippen molar-refractivity contribution in [3.05, 3.63) is 53.6 Å². The predicted octanol–water partition coefficient (Wildman–Crippen LogP) is 2.22. The molecule has 18 heavy (non-hydrogen) atoms. The van der Waals surface area contributed by atoms with Gasteiger partial charge in [-0.2, -0.15) is 4.98 Å². The fourth-order valence-corrected chi connectivity index (χ4v) is 1.38. The normalized spacial score (nSPS) is 10.2. The van der Waals surface area contributed by atoms with E-state index >= 15 is 0 Å². The number of rotatable bonds is 4. The van der Waals surface area contributed by atoms with Crippen LogP contribution in [-0.2, 0) is 6.61 Å². The lowest BCUT2D eigenvalue weighted by Crippen LogP contribution is -2.12. The summed E-state index contributed by atoms with van der Waals surface area (Å²) in [5, 5.41) is 0. The fraction of sp³-hybridized carbons (Fsp3) is 0.0833.